The minimum absolute atomic E-state index is 0.0398. The Bertz CT molecular complexity index is 1720. The van der Waals surface area contributed by atoms with Gasteiger partial charge in [-0.05, 0) is 17.7 Å². The Hall–Kier alpha value is -4.19. The summed E-state index contributed by atoms with van der Waals surface area (Å²) in [6.45, 7) is 2.05. The van der Waals surface area contributed by atoms with Gasteiger partial charge in [-0.2, -0.15) is 5.10 Å². The largest absolute Gasteiger partial charge is 0.496 e. The molecule has 5 rings (SSSR count). The fraction of sp³-hybridized carbons (Fsp3) is 0.273. The van der Waals surface area contributed by atoms with Crippen molar-refractivity contribution in [2.24, 2.45) is 0 Å². The van der Waals surface area contributed by atoms with Crippen molar-refractivity contribution in [3.8, 4) is 45.5 Å². The van der Waals surface area contributed by atoms with Gasteiger partial charge in [0.25, 0.3) is 0 Å². The van der Waals surface area contributed by atoms with Gasteiger partial charge in [-0.1, -0.05) is 48.0 Å². The fourth-order valence-electron chi connectivity index (χ4n) is 5.22. The van der Waals surface area contributed by atoms with Gasteiger partial charge in [0.15, 0.2) is 0 Å². The van der Waals surface area contributed by atoms with E-state index >= 15 is 0 Å². The second kappa shape index (κ2) is 14.5. The minimum atomic E-state index is 0.0398. The summed E-state index contributed by atoms with van der Waals surface area (Å²) < 4.78 is 18.8. The topological polar surface area (TPSA) is 123 Å². The molecule has 2 heterocycles. The number of nitrogens with zero attached hydrogens (tertiary/aromatic N) is 3. The number of fused-ring (bicyclic) bond motifs is 1. The molecule has 5 aromatic rings. The van der Waals surface area contributed by atoms with Crippen molar-refractivity contribution < 1.29 is 24.4 Å². The molecule has 230 valence electrons. The zero-order valence-electron chi connectivity index (χ0n) is 24.9. The molecule has 0 amide bonds. The number of aliphatic hydroxyl groups is 2. The summed E-state index contributed by atoms with van der Waals surface area (Å²) in [4.78, 5) is 4.74. The van der Waals surface area contributed by atoms with E-state index in [9.17, 15) is 0 Å². The van der Waals surface area contributed by atoms with Crippen LogP contribution in [0.1, 0.15) is 11.1 Å². The van der Waals surface area contributed by atoms with Crippen LogP contribution >= 0.6 is 11.6 Å². The van der Waals surface area contributed by atoms with Crippen LogP contribution in [0.3, 0.4) is 0 Å². The molecule has 0 aliphatic carbocycles. The fourth-order valence-corrected chi connectivity index (χ4v) is 5.55. The summed E-state index contributed by atoms with van der Waals surface area (Å²) in [5.74, 6) is 1.80. The Morgan fingerprint density at radius 3 is 2.14 bits per heavy atom. The number of methoxy groups -OCH3 is 3. The van der Waals surface area contributed by atoms with Crippen LogP contribution in [0.5, 0.6) is 17.4 Å². The van der Waals surface area contributed by atoms with Crippen LogP contribution in [0.15, 0.2) is 66.9 Å². The molecule has 0 radical (unpaired) electrons. The number of pyridine rings is 1. The lowest BCUT2D eigenvalue weighted by Crippen LogP contribution is -2.18. The third-order valence-corrected chi connectivity index (χ3v) is 7.75. The second-order valence-electron chi connectivity index (χ2n) is 9.96. The first-order valence-corrected chi connectivity index (χ1v) is 14.6. The van der Waals surface area contributed by atoms with E-state index < -0.39 is 0 Å². The van der Waals surface area contributed by atoms with Crippen LogP contribution < -0.4 is 24.8 Å². The molecule has 11 heteroatoms. The molecule has 0 saturated heterocycles. The van der Waals surface area contributed by atoms with Crippen LogP contribution in [-0.4, -0.2) is 72.6 Å². The van der Waals surface area contributed by atoms with Crippen LogP contribution in [0.4, 0.5) is 0 Å². The molecule has 0 fully saturated rings. The molecule has 4 N–H and O–H groups in total. The molecular formula is C33H36ClN5O5. The monoisotopic (exact) mass is 617 g/mol. The summed E-state index contributed by atoms with van der Waals surface area (Å²) in [7, 11) is 4.83. The number of hydrogen-bond donors (Lipinski definition) is 4. The maximum absolute atomic E-state index is 9.16. The molecule has 0 unspecified atom stereocenters. The summed E-state index contributed by atoms with van der Waals surface area (Å²) in [5.41, 5.74) is 6.66. The zero-order valence-corrected chi connectivity index (χ0v) is 25.7. The highest BCUT2D eigenvalue weighted by Crippen LogP contribution is 2.40. The highest BCUT2D eigenvalue weighted by molar-refractivity contribution is 6.36. The standard InChI is InChI=1S/C33H36ClN5O5/c1-42-30-16-22(17-31(43-2)27(30)19-36-13-15-41)39-29-9-5-6-23(26(29)20-37-39)24-7-4-8-25(32(24)34)28-11-10-21(18-35-12-14-40)33(38-28)44-3/h4-11,16-17,20,35-36,40-41H,12-15,18-19H2,1-3H3. The number of benzene rings is 3. The van der Waals surface area contributed by atoms with Gasteiger partial charge in [0.05, 0.1) is 68.2 Å². The number of halogens is 1. The quantitative estimate of drug-likeness (QED) is 0.132. The molecule has 0 aliphatic heterocycles. The molecule has 0 spiro atoms. The molecule has 3 aromatic carbocycles. The first kappa shape index (κ1) is 31.2. The molecule has 44 heavy (non-hydrogen) atoms. The third-order valence-electron chi connectivity index (χ3n) is 7.34. The van der Waals surface area contributed by atoms with E-state index in [1.54, 1.807) is 21.3 Å². The van der Waals surface area contributed by atoms with Crippen molar-refractivity contribution in [2.45, 2.75) is 13.1 Å². The Balaban J connectivity index is 1.54. The summed E-state index contributed by atoms with van der Waals surface area (Å²) in [5, 5.41) is 30.8. The highest BCUT2D eigenvalue weighted by atomic mass is 35.5. The van der Waals surface area contributed by atoms with Crippen molar-refractivity contribution in [1.29, 1.82) is 0 Å². The van der Waals surface area contributed by atoms with Crippen molar-refractivity contribution in [3.63, 3.8) is 0 Å². The lowest BCUT2D eigenvalue weighted by atomic mass is 9.98. The molecule has 10 nitrogen and oxygen atoms in total. The van der Waals surface area contributed by atoms with Crippen LogP contribution in [0.2, 0.25) is 5.02 Å². The van der Waals surface area contributed by atoms with Gasteiger partial charge >= 0.3 is 0 Å². The molecular weight excluding hydrogens is 582 g/mol. The average Bonchev–Trinajstić information content (AvgIpc) is 3.50. The summed E-state index contributed by atoms with van der Waals surface area (Å²) >= 11 is 7.09. The van der Waals surface area contributed by atoms with Crippen molar-refractivity contribution in [2.75, 3.05) is 47.6 Å². The Morgan fingerprint density at radius 1 is 0.795 bits per heavy atom. The number of hydrogen-bond acceptors (Lipinski definition) is 9. The van der Waals surface area contributed by atoms with E-state index in [0.717, 1.165) is 44.4 Å². The number of aliphatic hydroxyl groups excluding tert-OH is 2. The predicted octanol–water partition coefficient (Wildman–Crippen LogP) is 4.60. The second-order valence-corrected chi connectivity index (χ2v) is 10.3. The SMILES string of the molecule is COc1cc(-n2ncc3c(-c4cccc(-c5ccc(CNCCO)c(OC)n5)c4Cl)cccc32)cc(OC)c1CNCCO. The molecule has 0 atom stereocenters. The predicted molar refractivity (Wildman–Crippen MR) is 172 cm³/mol. The van der Waals surface area contributed by atoms with Crippen molar-refractivity contribution in [3.05, 3.63) is 83.0 Å². The van der Waals surface area contributed by atoms with Gasteiger partial charge in [0.1, 0.15) is 11.5 Å². The lowest BCUT2D eigenvalue weighted by molar-refractivity contribution is 0.290. The number of nitrogens with one attached hydrogen (secondary N) is 2. The van der Waals surface area contributed by atoms with E-state index in [1.165, 1.54) is 0 Å². The normalized spacial score (nSPS) is 11.2. The minimum Gasteiger partial charge on any atom is -0.496 e. The van der Waals surface area contributed by atoms with Gasteiger partial charge in [-0.3, -0.25) is 0 Å². The Morgan fingerprint density at radius 2 is 1.45 bits per heavy atom. The van der Waals surface area contributed by atoms with E-state index in [4.69, 9.17) is 46.1 Å². The molecule has 0 aliphatic rings. The lowest BCUT2D eigenvalue weighted by Gasteiger charge is -2.16. The number of rotatable bonds is 14. The maximum atomic E-state index is 9.16. The Labute approximate surface area is 261 Å². The van der Waals surface area contributed by atoms with Crippen LogP contribution in [-0.2, 0) is 13.1 Å². The van der Waals surface area contributed by atoms with Gasteiger partial charge in [0.2, 0.25) is 5.88 Å². The average molecular weight is 618 g/mol. The molecule has 2 aromatic heterocycles. The van der Waals surface area contributed by atoms with Gasteiger partial charge in [-0.15, -0.1) is 0 Å². The molecule has 0 bridgehead atoms. The smallest absolute Gasteiger partial charge is 0.218 e. The van der Waals surface area contributed by atoms with Gasteiger partial charge < -0.3 is 35.1 Å². The van der Waals surface area contributed by atoms with E-state index in [2.05, 4.69) is 10.6 Å². The van der Waals surface area contributed by atoms with Gasteiger partial charge in [-0.25, -0.2) is 9.67 Å². The Kier molecular flexibility index (Phi) is 10.3. The highest BCUT2D eigenvalue weighted by Gasteiger charge is 2.19. The van der Waals surface area contributed by atoms with E-state index in [0.29, 0.717) is 54.3 Å². The van der Waals surface area contributed by atoms with Crippen LogP contribution in [0, 0.1) is 0 Å². The van der Waals surface area contributed by atoms with E-state index in [1.807, 2.05) is 71.5 Å². The first-order chi connectivity index (χ1) is 21.5. The third kappa shape index (κ3) is 6.35. The molecule has 0 saturated carbocycles. The number of aromatic nitrogens is 3. The number of ether oxygens (including phenoxy) is 3. The van der Waals surface area contributed by atoms with Crippen LogP contribution in [0.25, 0.3) is 39.0 Å². The van der Waals surface area contributed by atoms with E-state index in [-0.39, 0.29) is 13.2 Å². The summed E-state index contributed by atoms with van der Waals surface area (Å²) in [6.07, 6.45) is 1.83. The zero-order chi connectivity index (χ0) is 31.1. The first-order valence-electron chi connectivity index (χ1n) is 14.2. The van der Waals surface area contributed by atoms with Crippen molar-refractivity contribution >= 4 is 22.5 Å². The maximum Gasteiger partial charge on any atom is 0.218 e. The van der Waals surface area contributed by atoms with Crippen molar-refractivity contribution in [1.82, 2.24) is 25.4 Å². The van der Waals surface area contributed by atoms with Gasteiger partial charge in [0, 0.05) is 60.4 Å². The summed E-state index contributed by atoms with van der Waals surface area (Å²) in [6, 6.07) is 19.6.